The zero-order valence-corrected chi connectivity index (χ0v) is 13.7. The summed E-state index contributed by atoms with van der Waals surface area (Å²) >= 11 is 5.18. The Labute approximate surface area is 131 Å². The highest BCUT2D eigenvalue weighted by Gasteiger charge is 2.44. The zero-order chi connectivity index (χ0) is 15.6. The van der Waals surface area contributed by atoms with E-state index < -0.39 is 5.41 Å². The number of carbonyl (C=O) groups excluding carboxylic acids is 2. The monoisotopic (exact) mass is 311 g/mol. The van der Waals surface area contributed by atoms with E-state index in [-0.39, 0.29) is 17.9 Å². The van der Waals surface area contributed by atoms with Crippen LogP contribution in [0.1, 0.15) is 46.0 Å². The molecule has 0 aromatic rings. The smallest absolute Gasteiger partial charge is 0.235 e. The number of hydrogen-bond acceptors (Lipinski definition) is 3. The maximum Gasteiger partial charge on any atom is 0.235 e. The van der Waals surface area contributed by atoms with E-state index in [0.29, 0.717) is 43.3 Å². The average molecular weight is 311 g/mol. The molecular formula is C15H25N3O2S. The maximum absolute atomic E-state index is 12.9. The van der Waals surface area contributed by atoms with Crippen LogP contribution in [0.5, 0.6) is 0 Å². The van der Waals surface area contributed by atoms with Crippen LogP contribution in [0.4, 0.5) is 0 Å². The summed E-state index contributed by atoms with van der Waals surface area (Å²) in [7, 11) is 0. The van der Waals surface area contributed by atoms with Crippen molar-refractivity contribution < 1.29 is 9.59 Å². The van der Waals surface area contributed by atoms with Crippen molar-refractivity contribution in [2.45, 2.75) is 52.0 Å². The topological polar surface area (TPSA) is 75.4 Å². The van der Waals surface area contributed by atoms with Crippen LogP contribution in [0.3, 0.4) is 0 Å². The lowest BCUT2D eigenvalue weighted by Gasteiger charge is -2.44. The van der Waals surface area contributed by atoms with Crippen LogP contribution in [0.25, 0.3) is 0 Å². The summed E-state index contributed by atoms with van der Waals surface area (Å²) in [4.78, 5) is 26.6. The van der Waals surface area contributed by atoms with E-state index in [1.54, 1.807) is 0 Å². The first-order chi connectivity index (χ1) is 9.94. The van der Waals surface area contributed by atoms with Gasteiger partial charge in [-0.1, -0.05) is 26.1 Å². The van der Waals surface area contributed by atoms with Gasteiger partial charge in [0, 0.05) is 25.6 Å². The van der Waals surface area contributed by atoms with Crippen molar-refractivity contribution in [3.8, 4) is 0 Å². The molecule has 2 amide bonds. The fourth-order valence-corrected chi connectivity index (χ4v) is 3.98. The predicted molar refractivity (Wildman–Crippen MR) is 85.7 cm³/mol. The van der Waals surface area contributed by atoms with Crippen LogP contribution in [0, 0.1) is 11.3 Å². The molecule has 0 radical (unpaired) electrons. The van der Waals surface area contributed by atoms with E-state index >= 15 is 0 Å². The third-order valence-corrected chi connectivity index (χ3v) is 5.59. The van der Waals surface area contributed by atoms with Crippen LogP contribution in [-0.4, -0.2) is 40.8 Å². The molecule has 2 heterocycles. The molecule has 118 valence electrons. The van der Waals surface area contributed by atoms with Gasteiger partial charge in [0.25, 0.3) is 0 Å². The Balaban J connectivity index is 2.10. The minimum Gasteiger partial charge on any atom is -0.392 e. The van der Waals surface area contributed by atoms with Crippen molar-refractivity contribution in [3.63, 3.8) is 0 Å². The largest absolute Gasteiger partial charge is 0.392 e. The van der Waals surface area contributed by atoms with E-state index in [2.05, 4.69) is 5.32 Å². The van der Waals surface area contributed by atoms with Crippen molar-refractivity contribution in [2.75, 3.05) is 13.1 Å². The third kappa shape index (κ3) is 2.91. The SMILES string of the molecule is CCC(CC)(C(=O)N1CCC2NC(=O)CCC2C1)C(N)=S. The van der Waals surface area contributed by atoms with Crippen molar-refractivity contribution in [3.05, 3.63) is 0 Å². The molecule has 5 nitrogen and oxygen atoms in total. The number of likely N-dealkylation sites (tertiary alicyclic amines) is 1. The number of piperidine rings is 2. The van der Waals surface area contributed by atoms with Gasteiger partial charge in [-0.2, -0.15) is 0 Å². The van der Waals surface area contributed by atoms with Gasteiger partial charge in [-0.05, 0) is 31.6 Å². The number of nitrogens with one attached hydrogen (secondary N) is 1. The number of amides is 2. The Hall–Kier alpha value is -1.17. The van der Waals surface area contributed by atoms with Gasteiger partial charge < -0.3 is 16.0 Å². The first-order valence-corrected chi connectivity index (χ1v) is 8.24. The molecule has 0 spiro atoms. The molecule has 0 bridgehead atoms. The molecule has 2 atom stereocenters. The standard InChI is InChI=1S/C15H25N3O2S/c1-3-15(4-2,13(16)21)14(20)18-8-7-11-10(9-18)5-6-12(19)17-11/h10-11H,3-9H2,1-2H3,(H2,16,21)(H,17,19). The molecule has 21 heavy (non-hydrogen) atoms. The Bertz CT molecular complexity index is 448. The Morgan fingerprint density at radius 3 is 2.67 bits per heavy atom. The summed E-state index contributed by atoms with van der Waals surface area (Å²) in [6.45, 7) is 5.31. The highest BCUT2D eigenvalue weighted by molar-refractivity contribution is 7.80. The lowest BCUT2D eigenvalue weighted by molar-refractivity contribution is -0.141. The van der Waals surface area contributed by atoms with E-state index in [4.69, 9.17) is 18.0 Å². The molecule has 0 aromatic heterocycles. The summed E-state index contributed by atoms with van der Waals surface area (Å²) in [5.74, 6) is 0.559. The molecule has 2 aliphatic rings. The van der Waals surface area contributed by atoms with Crippen LogP contribution in [-0.2, 0) is 9.59 Å². The van der Waals surface area contributed by atoms with Crippen molar-refractivity contribution in [2.24, 2.45) is 17.1 Å². The van der Waals surface area contributed by atoms with Crippen molar-refractivity contribution >= 4 is 29.0 Å². The van der Waals surface area contributed by atoms with Crippen LogP contribution < -0.4 is 11.1 Å². The predicted octanol–water partition coefficient (Wildman–Crippen LogP) is 1.21. The Kier molecular flexibility index (Phi) is 4.86. The fraction of sp³-hybridized carbons (Fsp3) is 0.800. The van der Waals surface area contributed by atoms with Gasteiger partial charge in [0.2, 0.25) is 11.8 Å². The lowest BCUT2D eigenvalue weighted by Crippen LogP contribution is -2.58. The molecule has 2 fully saturated rings. The van der Waals surface area contributed by atoms with Crippen LogP contribution in [0.2, 0.25) is 0 Å². The summed E-state index contributed by atoms with van der Waals surface area (Å²) < 4.78 is 0. The van der Waals surface area contributed by atoms with E-state index in [1.807, 2.05) is 18.7 Å². The van der Waals surface area contributed by atoms with E-state index in [9.17, 15) is 9.59 Å². The molecule has 2 aliphatic heterocycles. The summed E-state index contributed by atoms with van der Waals surface area (Å²) in [6, 6.07) is 0.220. The summed E-state index contributed by atoms with van der Waals surface area (Å²) in [5.41, 5.74) is 5.17. The minimum absolute atomic E-state index is 0.0651. The van der Waals surface area contributed by atoms with Crippen LogP contribution in [0.15, 0.2) is 0 Å². The van der Waals surface area contributed by atoms with Crippen molar-refractivity contribution in [1.82, 2.24) is 10.2 Å². The third-order valence-electron chi connectivity index (χ3n) is 5.20. The molecule has 2 unspecified atom stereocenters. The number of thiocarbonyl (C=S) groups is 1. The first kappa shape index (κ1) is 16.2. The number of hydrogen-bond donors (Lipinski definition) is 2. The quantitative estimate of drug-likeness (QED) is 0.765. The Morgan fingerprint density at radius 2 is 2.10 bits per heavy atom. The normalized spacial score (nSPS) is 26.0. The molecular weight excluding hydrogens is 286 g/mol. The molecule has 0 aliphatic carbocycles. The number of fused-ring (bicyclic) bond motifs is 1. The highest BCUT2D eigenvalue weighted by atomic mass is 32.1. The molecule has 2 saturated heterocycles. The van der Waals surface area contributed by atoms with Gasteiger partial charge in [0.1, 0.15) is 0 Å². The van der Waals surface area contributed by atoms with Gasteiger partial charge in [0.15, 0.2) is 0 Å². The van der Waals surface area contributed by atoms with Gasteiger partial charge >= 0.3 is 0 Å². The minimum atomic E-state index is -0.708. The number of nitrogens with two attached hydrogens (primary N) is 1. The summed E-state index contributed by atoms with van der Waals surface area (Å²) in [5, 5.41) is 3.04. The average Bonchev–Trinajstić information content (AvgIpc) is 2.48. The van der Waals surface area contributed by atoms with Gasteiger partial charge in [0.05, 0.1) is 10.4 Å². The number of rotatable bonds is 4. The second-order valence-corrected chi connectivity index (χ2v) is 6.61. The van der Waals surface area contributed by atoms with Gasteiger partial charge in [-0.3, -0.25) is 9.59 Å². The molecule has 0 aromatic carbocycles. The number of nitrogens with zero attached hydrogens (tertiary/aromatic N) is 1. The van der Waals surface area contributed by atoms with Crippen molar-refractivity contribution in [1.29, 1.82) is 0 Å². The molecule has 0 saturated carbocycles. The maximum atomic E-state index is 12.9. The molecule has 2 rings (SSSR count). The van der Waals surface area contributed by atoms with E-state index in [1.165, 1.54) is 0 Å². The second kappa shape index (κ2) is 6.30. The van der Waals surface area contributed by atoms with Crippen LogP contribution >= 0.6 is 12.2 Å². The first-order valence-electron chi connectivity index (χ1n) is 7.83. The summed E-state index contributed by atoms with van der Waals surface area (Å²) in [6.07, 6.45) is 3.52. The highest BCUT2D eigenvalue weighted by Crippen LogP contribution is 2.33. The second-order valence-electron chi connectivity index (χ2n) is 6.17. The van der Waals surface area contributed by atoms with Gasteiger partial charge in [-0.15, -0.1) is 0 Å². The van der Waals surface area contributed by atoms with Gasteiger partial charge in [-0.25, -0.2) is 0 Å². The number of carbonyl (C=O) groups is 2. The fourth-order valence-electron chi connectivity index (χ4n) is 3.60. The molecule has 3 N–H and O–H groups in total. The van der Waals surface area contributed by atoms with E-state index in [0.717, 1.165) is 12.8 Å². The zero-order valence-electron chi connectivity index (χ0n) is 12.9. The lowest BCUT2D eigenvalue weighted by atomic mass is 9.78. The molecule has 6 heteroatoms. The Morgan fingerprint density at radius 1 is 1.43 bits per heavy atom.